The SMILES string of the molecule is CC(=O)Cc1cc(C(=O)NC(C)c2cccc(OCC(F)(F)F)n2)cc(C)n1. The highest BCUT2D eigenvalue weighted by atomic mass is 19.4. The van der Waals surface area contributed by atoms with Gasteiger partial charge in [-0.3, -0.25) is 14.6 Å². The van der Waals surface area contributed by atoms with Gasteiger partial charge in [0.15, 0.2) is 6.61 Å². The van der Waals surface area contributed by atoms with Crippen molar-refractivity contribution in [2.45, 2.75) is 39.4 Å². The minimum atomic E-state index is -4.46. The predicted molar refractivity (Wildman–Crippen MR) is 95.0 cm³/mol. The Hall–Kier alpha value is -2.97. The summed E-state index contributed by atoms with van der Waals surface area (Å²) in [6.07, 6.45) is -4.34. The van der Waals surface area contributed by atoms with Crippen LogP contribution in [0.1, 0.15) is 47.3 Å². The summed E-state index contributed by atoms with van der Waals surface area (Å²) in [5.74, 6) is -0.664. The van der Waals surface area contributed by atoms with Crippen LogP contribution in [0.2, 0.25) is 0 Å². The number of hydrogen-bond donors (Lipinski definition) is 1. The lowest BCUT2D eigenvalue weighted by atomic mass is 10.1. The molecule has 0 aliphatic carbocycles. The van der Waals surface area contributed by atoms with E-state index in [1.807, 2.05) is 0 Å². The van der Waals surface area contributed by atoms with Crippen molar-refractivity contribution in [2.24, 2.45) is 0 Å². The summed E-state index contributed by atoms with van der Waals surface area (Å²) in [6.45, 7) is 3.36. The Kier molecular flexibility index (Phi) is 6.71. The Morgan fingerprint density at radius 2 is 1.93 bits per heavy atom. The van der Waals surface area contributed by atoms with E-state index in [1.54, 1.807) is 26.0 Å². The molecule has 0 aliphatic heterocycles. The Balaban J connectivity index is 2.10. The number of nitrogens with zero attached hydrogens (tertiary/aromatic N) is 2. The molecule has 6 nitrogen and oxygen atoms in total. The third-order valence-electron chi connectivity index (χ3n) is 3.62. The number of aromatic nitrogens is 2. The summed E-state index contributed by atoms with van der Waals surface area (Å²) in [5, 5.41) is 2.73. The first-order chi connectivity index (χ1) is 13.0. The first-order valence-corrected chi connectivity index (χ1v) is 8.48. The maximum absolute atomic E-state index is 12.5. The third-order valence-corrected chi connectivity index (χ3v) is 3.62. The lowest BCUT2D eigenvalue weighted by Crippen LogP contribution is -2.28. The number of hydrogen-bond acceptors (Lipinski definition) is 5. The van der Waals surface area contributed by atoms with Crippen molar-refractivity contribution in [3.05, 3.63) is 53.0 Å². The molecule has 0 bridgehead atoms. The van der Waals surface area contributed by atoms with E-state index in [2.05, 4.69) is 20.0 Å². The van der Waals surface area contributed by atoms with Gasteiger partial charge in [-0.05, 0) is 39.0 Å². The zero-order valence-corrected chi connectivity index (χ0v) is 15.6. The fourth-order valence-electron chi connectivity index (χ4n) is 2.48. The average molecular weight is 395 g/mol. The maximum Gasteiger partial charge on any atom is 0.422 e. The molecule has 1 unspecified atom stereocenters. The molecule has 9 heteroatoms. The number of aryl methyl sites for hydroxylation is 1. The van der Waals surface area contributed by atoms with Gasteiger partial charge in [-0.1, -0.05) is 6.07 Å². The molecule has 0 fully saturated rings. The molecule has 1 atom stereocenters. The van der Waals surface area contributed by atoms with Crippen molar-refractivity contribution in [1.29, 1.82) is 0 Å². The topological polar surface area (TPSA) is 81.2 Å². The highest BCUT2D eigenvalue weighted by Crippen LogP contribution is 2.19. The average Bonchev–Trinajstić information content (AvgIpc) is 2.58. The number of ether oxygens (including phenoxy) is 1. The molecule has 0 saturated carbocycles. The van der Waals surface area contributed by atoms with Gasteiger partial charge in [0.25, 0.3) is 5.91 Å². The number of nitrogens with one attached hydrogen (secondary N) is 1. The molecule has 28 heavy (non-hydrogen) atoms. The Morgan fingerprint density at radius 1 is 1.21 bits per heavy atom. The van der Waals surface area contributed by atoms with Crippen molar-refractivity contribution < 1.29 is 27.5 Å². The molecule has 0 aliphatic rings. The molecule has 1 N–H and O–H groups in total. The lowest BCUT2D eigenvalue weighted by Gasteiger charge is -2.15. The van der Waals surface area contributed by atoms with Gasteiger partial charge in [0.1, 0.15) is 5.78 Å². The second-order valence-corrected chi connectivity index (χ2v) is 6.37. The van der Waals surface area contributed by atoms with Gasteiger partial charge in [0.05, 0.1) is 11.7 Å². The van der Waals surface area contributed by atoms with Crippen molar-refractivity contribution in [1.82, 2.24) is 15.3 Å². The minimum absolute atomic E-state index is 0.0716. The van der Waals surface area contributed by atoms with Crippen LogP contribution in [0.25, 0.3) is 0 Å². The van der Waals surface area contributed by atoms with E-state index >= 15 is 0 Å². The zero-order chi connectivity index (χ0) is 20.9. The van der Waals surface area contributed by atoms with Crippen LogP contribution < -0.4 is 10.1 Å². The molecule has 2 heterocycles. The van der Waals surface area contributed by atoms with Crippen LogP contribution in [0.15, 0.2) is 30.3 Å². The van der Waals surface area contributed by atoms with E-state index in [0.29, 0.717) is 22.6 Å². The van der Waals surface area contributed by atoms with Crippen molar-refractivity contribution in [2.75, 3.05) is 6.61 Å². The number of ketones is 1. The van der Waals surface area contributed by atoms with Crippen LogP contribution in [0.5, 0.6) is 5.88 Å². The van der Waals surface area contributed by atoms with E-state index in [0.717, 1.165) is 0 Å². The quantitative estimate of drug-likeness (QED) is 0.778. The van der Waals surface area contributed by atoms with Crippen molar-refractivity contribution >= 4 is 11.7 Å². The van der Waals surface area contributed by atoms with Gasteiger partial charge in [-0.15, -0.1) is 0 Å². The Labute approximate surface area is 160 Å². The minimum Gasteiger partial charge on any atom is -0.468 e. The molecule has 150 valence electrons. The fourth-order valence-corrected chi connectivity index (χ4v) is 2.48. The lowest BCUT2D eigenvalue weighted by molar-refractivity contribution is -0.154. The van der Waals surface area contributed by atoms with Crippen LogP contribution in [-0.4, -0.2) is 34.4 Å². The van der Waals surface area contributed by atoms with Gasteiger partial charge in [0, 0.05) is 29.4 Å². The summed E-state index contributed by atoms with van der Waals surface area (Å²) in [7, 11) is 0. The van der Waals surface area contributed by atoms with Crippen LogP contribution in [0.4, 0.5) is 13.2 Å². The third kappa shape index (κ3) is 6.64. The zero-order valence-electron chi connectivity index (χ0n) is 15.6. The van der Waals surface area contributed by atoms with E-state index in [1.165, 1.54) is 25.1 Å². The molecule has 2 aromatic rings. The van der Waals surface area contributed by atoms with Gasteiger partial charge in [-0.25, -0.2) is 4.98 Å². The summed E-state index contributed by atoms with van der Waals surface area (Å²) >= 11 is 0. The molecule has 0 spiro atoms. The molecule has 0 saturated heterocycles. The van der Waals surface area contributed by atoms with E-state index in [-0.39, 0.29) is 18.1 Å². The molecular formula is C19H20F3N3O3. The van der Waals surface area contributed by atoms with Crippen LogP contribution >= 0.6 is 0 Å². The summed E-state index contributed by atoms with van der Waals surface area (Å²) in [5.41, 5.74) is 1.77. The number of pyridine rings is 2. The van der Waals surface area contributed by atoms with Gasteiger partial charge >= 0.3 is 6.18 Å². The largest absolute Gasteiger partial charge is 0.468 e. The first kappa shape index (κ1) is 21.3. The van der Waals surface area contributed by atoms with Gasteiger partial charge in [-0.2, -0.15) is 13.2 Å². The number of halogens is 3. The second-order valence-electron chi connectivity index (χ2n) is 6.37. The smallest absolute Gasteiger partial charge is 0.422 e. The monoisotopic (exact) mass is 395 g/mol. The predicted octanol–water partition coefficient (Wildman–Crippen LogP) is 3.35. The maximum atomic E-state index is 12.5. The Bertz CT molecular complexity index is 869. The fraction of sp³-hybridized carbons (Fsp3) is 0.368. The number of carbonyl (C=O) groups is 2. The Morgan fingerprint density at radius 3 is 2.57 bits per heavy atom. The normalized spacial score (nSPS) is 12.4. The molecule has 0 aromatic carbocycles. The van der Waals surface area contributed by atoms with Crippen molar-refractivity contribution in [3.63, 3.8) is 0 Å². The van der Waals surface area contributed by atoms with Crippen molar-refractivity contribution in [3.8, 4) is 5.88 Å². The van der Waals surface area contributed by atoms with E-state index < -0.39 is 24.7 Å². The highest BCUT2D eigenvalue weighted by Gasteiger charge is 2.28. The number of alkyl halides is 3. The number of rotatable bonds is 7. The molecule has 2 aromatic heterocycles. The number of Topliss-reactive ketones (excluding diaryl/α,β-unsaturated/α-hetero) is 1. The summed E-state index contributed by atoms with van der Waals surface area (Å²) in [6, 6.07) is 6.92. The highest BCUT2D eigenvalue weighted by molar-refractivity contribution is 5.94. The van der Waals surface area contributed by atoms with Gasteiger partial charge in [0.2, 0.25) is 5.88 Å². The summed E-state index contributed by atoms with van der Waals surface area (Å²) < 4.78 is 41.4. The molecule has 1 amide bonds. The summed E-state index contributed by atoms with van der Waals surface area (Å²) in [4.78, 5) is 32.0. The molecular weight excluding hydrogens is 375 g/mol. The molecule has 0 radical (unpaired) electrons. The van der Waals surface area contributed by atoms with Crippen LogP contribution in [0.3, 0.4) is 0 Å². The molecule has 2 rings (SSSR count). The van der Waals surface area contributed by atoms with Crippen LogP contribution in [-0.2, 0) is 11.2 Å². The van der Waals surface area contributed by atoms with E-state index in [4.69, 9.17) is 0 Å². The second kappa shape index (κ2) is 8.81. The number of carbonyl (C=O) groups excluding carboxylic acids is 2. The van der Waals surface area contributed by atoms with E-state index in [9.17, 15) is 22.8 Å². The van der Waals surface area contributed by atoms with Gasteiger partial charge < -0.3 is 10.1 Å². The standard InChI is InChI=1S/C19H20F3N3O3/c1-11-7-14(9-15(23-11)8-12(2)26)18(27)24-13(3)16-5-4-6-17(25-16)28-10-19(20,21)22/h4-7,9,13H,8,10H2,1-3H3,(H,24,27). The van der Waals surface area contributed by atoms with Crippen LogP contribution in [0, 0.1) is 6.92 Å². The first-order valence-electron chi connectivity index (χ1n) is 8.48. The number of amides is 1.